The number of aliphatic hydroxyl groups excluding tert-OH is 1. The molecule has 1 saturated carbocycles. The minimum atomic E-state index is -0.194. The van der Waals surface area contributed by atoms with E-state index in [1.807, 2.05) is 0 Å². The molecule has 0 aromatic rings. The van der Waals surface area contributed by atoms with Gasteiger partial charge in [0, 0.05) is 6.42 Å². The van der Waals surface area contributed by atoms with Gasteiger partial charge in [-0.05, 0) is 37.0 Å². The molecule has 0 spiro atoms. The number of esters is 1. The van der Waals surface area contributed by atoms with Gasteiger partial charge in [0.2, 0.25) is 0 Å². The largest absolute Gasteiger partial charge is 0.465 e. The van der Waals surface area contributed by atoms with Crippen molar-refractivity contribution in [3.63, 3.8) is 0 Å². The third-order valence-electron chi connectivity index (χ3n) is 4.58. The predicted octanol–water partition coefficient (Wildman–Crippen LogP) is 3.54. The summed E-state index contributed by atoms with van der Waals surface area (Å²) >= 11 is 0. The fourth-order valence-electron chi connectivity index (χ4n) is 3.21. The molecule has 19 heavy (non-hydrogen) atoms. The lowest BCUT2D eigenvalue weighted by Gasteiger charge is -2.26. The number of aliphatic hydroxyl groups is 1. The van der Waals surface area contributed by atoms with Gasteiger partial charge in [0.25, 0.3) is 0 Å². The topological polar surface area (TPSA) is 46.5 Å². The summed E-state index contributed by atoms with van der Waals surface area (Å²) in [6, 6.07) is 0. The Morgan fingerprint density at radius 3 is 2.58 bits per heavy atom. The van der Waals surface area contributed by atoms with Crippen LogP contribution in [0.15, 0.2) is 0 Å². The fraction of sp³-hybridized carbons (Fsp3) is 0.938. The van der Waals surface area contributed by atoms with E-state index in [1.165, 1.54) is 0 Å². The van der Waals surface area contributed by atoms with Gasteiger partial charge in [-0.15, -0.1) is 0 Å². The highest BCUT2D eigenvalue weighted by molar-refractivity contribution is 5.69. The van der Waals surface area contributed by atoms with E-state index in [1.54, 1.807) is 0 Å². The molecule has 0 bridgehead atoms. The average Bonchev–Trinajstić information content (AvgIpc) is 2.38. The standard InChI is InChI=1S/C16H30O3/c1-4-14(5-2)12(3)9-16(18)19-11-13-7-6-8-15(17)10-13/h12-15,17H,4-11H2,1-3H3. The molecular weight excluding hydrogens is 240 g/mol. The molecule has 3 atom stereocenters. The van der Waals surface area contributed by atoms with E-state index in [0.717, 1.165) is 38.5 Å². The average molecular weight is 270 g/mol. The third-order valence-corrected chi connectivity index (χ3v) is 4.58. The van der Waals surface area contributed by atoms with Crippen molar-refractivity contribution in [2.45, 2.75) is 71.8 Å². The molecule has 1 fully saturated rings. The first-order chi connectivity index (χ1) is 9.06. The molecule has 0 aliphatic heterocycles. The lowest BCUT2D eigenvalue weighted by atomic mass is 9.87. The maximum absolute atomic E-state index is 11.8. The van der Waals surface area contributed by atoms with Gasteiger partial charge in [-0.1, -0.05) is 40.0 Å². The van der Waals surface area contributed by atoms with E-state index in [4.69, 9.17) is 4.74 Å². The van der Waals surface area contributed by atoms with Gasteiger partial charge in [0.15, 0.2) is 0 Å². The first-order valence-electron chi connectivity index (χ1n) is 7.90. The van der Waals surface area contributed by atoms with Crippen LogP contribution in [0.4, 0.5) is 0 Å². The lowest BCUT2D eigenvalue weighted by molar-refractivity contribution is -0.147. The van der Waals surface area contributed by atoms with E-state index >= 15 is 0 Å². The van der Waals surface area contributed by atoms with Crippen LogP contribution in [0, 0.1) is 17.8 Å². The smallest absolute Gasteiger partial charge is 0.306 e. The molecule has 0 heterocycles. The number of rotatable bonds is 7. The molecule has 112 valence electrons. The Kier molecular flexibility index (Phi) is 7.44. The first kappa shape index (κ1) is 16.5. The Labute approximate surface area is 117 Å². The molecule has 1 N–H and O–H groups in total. The van der Waals surface area contributed by atoms with Gasteiger partial charge in [-0.2, -0.15) is 0 Å². The molecule has 1 aliphatic carbocycles. The lowest BCUT2D eigenvalue weighted by Crippen LogP contribution is -2.25. The van der Waals surface area contributed by atoms with E-state index < -0.39 is 0 Å². The monoisotopic (exact) mass is 270 g/mol. The highest BCUT2D eigenvalue weighted by Crippen LogP contribution is 2.25. The van der Waals surface area contributed by atoms with Crippen LogP contribution in [-0.2, 0) is 9.53 Å². The van der Waals surface area contributed by atoms with Crippen LogP contribution >= 0.6 is 0 Å². The summed E-state index contributed by atoms with van der Waals surface area (Å²) in [7, 11) is 0. The van der Waals surface area contributed by atoms with Gasteiger partial charge >= 0.3 is 5.97 Å². The quantitative estimate of drug-likeness (QED) is 0.720. The third kappa shape index (κ3) is 5.94. The zero-order valence-corrected chi connectivity index (χ0v) is 12.7. The highest BCUT2D eigenvalue weighted by Gasteiger charge is 2.22. The zero-order valence-electron chi connectivity index (χ0n) is 12.7. The van der Waals surface area contributed by atoms with Gasteiger partial charge in [0.1, 0.15) is 0 Å². The van der Waals surface area contributed by atoms with Crippen LogP contribution in [0.3, 0.4) is 0 Å². The van der Waals surface area contributed by atoms with Crippen molar-refractivity contribution in [2.75, 3.05) is 6.61 Å². The molecular formula is C16H30O3. The highest BCUT2D eigenvalue weighted by atomic mass is 16.5. The van der Waals surface area contributed by atoms with Crippen molar-refractivity contribution >= 4 is 5.97 Å². The molecule has 0 saturated heterocycles. The number of carbonyl (C=O) groups is 1. The maximum atomic E-state index is 11.8. The van der Waals surface area contributed by atoms with E-state index in [-0.39, 0.29) is 12.1 Å². The molecule has 3 nitrogen and oxygen atoms in total. The van der Waals surface area contributed by atoms with Crippen LogP contribution in [-0.4, -0.2) is 23.8 Å². The van der Waals surface area contributed by atoms with Crippen molar-refractivity contribution in [2.24, 2.45) is 17.8 Å². The Morgan fingerprint density at radius 2 is 2.00 bits per heavy atom. The van der Waals surface area contributed by atoms with Gasteiger partial charge in [0.05, 0.1) is 12.7 Å². The van der Waals surface area contributed by atoms with Gasteiger partial charge < -0.3 is 9.84 Å². The summed E-state index contributed by atoms with van der Waals surface area (Å²) in [6.07, 6.45) is 6.40. The molecule has 3 unspecified atom stereocenters. The zero-order chi connectivity index (χ0) is 14.3. The van der Waals surface area contributed by atoms with Crippen molar-refractivity contribution in [3.05, 3.63) is 0 Å². The normalized spacial score (nSPS) is 25.3. The molecule has 3 heteroatoms. The number of hydrogen-bond donors (Lipinski definition) is 1. The van der Waals surface area contributed by atoms with E-state index in [0.29, 0.717) is 30.8 Å². The van der Waals surface area contributed by atoms with Crippen LogP contribution in [0.1, 0.15) is 65.7 Å². The summed E-state index contributed by atoms with van der Waals surface area (Å²) in [5.41, 5.74) is 0. The number of carbonyl (C=O) groups excluding carboxylic acids is 1. The molecule has 0 amide bonds. The predicted molar refractivity (Wildman–Crippen MR) is 76.8 cm³/mol. The van der Waals surface area contributed by atoms with E-state index in [2.05, 4.69) is 20.8 Å². The van der Waals surface area contributed by atoms with Gasteiger partial charge in [-0.3, -0.25) is 4.79 Å². The molecule has 0 aromatic heterocycles. The minimum absolute atomic E-state index is 0.0699. The molecule has 0 radical (unpaired) electrons. The number of ether oxygens (including phenoxy) is 1. The van der Waals surface area contributed by atoms with Crippen LogP contribution in [0.2, 0.25) is 0 Å². The van der Waals surface area contributed by atoms with E-state index in [9.17, 15) is 9.90 Å². The van der Waals surface area contributed by atoms with Crippen molar-refractivity contribution in [3.8, 4) is 0 Å². The Morgan fingerprint density at radius 1 is 1.32 bits per heavy atom. The summed E-state index contributed by atoms with van der Waals surface area (Å²) < 4.78 is 5.39. The van der Waals surface area contributed by atoms with Crippen molar-refractivity contribution in [1.82, 2.24) is 0 Å². The van der Waals surface area contributed by atoms with Crippen LogP contribution in [0.5, 0.6) is 0 Å². The molecule has 1 aliphatic rings. The van der Waals surface area contributed by atoms with Crippen LogP contribution < -0.4 is 0 Å². The second-order valence-electron chi connectivity index (χ2n) is 6.13. The summed E-state index contributed by atoms with van der Waals surface area (Å²) in [4.78, 5) is 11.8. The SMILES string of the molecule is CCC(CC)C(C)CC(=O)OCC1CCCC(O)C1. The Bertz CT molecular complexity index is 261. The van der Waals surface area contributed by atoms with Crippen LogP contribution in [0.25, 0.3) is 0 Å². The summed E-state index contributed by atoms with van der Waals surface area (Å²) in [5, 5.41) is 9.59. The first-order valence-corrected chi connectivity index (χ1v) is 7.90. The van der Waals surface area contributed by atoms with Crippen molar-refractivity contribution in [1.29, 1.82) is 0 Å². The number of hydrogen-bond acceptors (Lipinski definition) is 3. The minimum Gasteiger partial charge on any atom is -0.465 e. The molecule has 0 aromatic carbocycles. The Hall–Kier alpha value is -0.570. The Balaban J connectivity index is 2.23. The maximum Gasteiger partial charge on any atom is 0.306 e. The summed E-state index contributed by atoms with van der Waals surface area (Å²) in [6.45, 7) is 6.99. The molecule has 1 rings (SSSR count). The van der Waals surface area contributed by atoms with Crippen molar-refractivity contribution < 1.29 is 14.6 Å². The second kappa shape index (κ2) is 8.57. The van der Waals surface area contributed by atoms with Gasteiger partial charge in [-0.25, -0.2) is 0 Å². The fourth-order valence-corrected chi connectivity index (χ4v) is 3.21. The summed E-state index contributed by atoms with van der Waals surface area (Å²) in [5.74, 6) is 1.30. The second-order valence-corrected chi connectivity index (χ2v) is 6.13.